The van der Waals surface area contributed by atoms with Crippen molar-refractivity contribution in [1.29, 1.82) is 0 Å². The normalized spacial score (nSPS) is 11.9. The van der Waals surface area contributed by atoms with E-state index in [1.54, 1.807) is 19.1 Å². The van der Waals surface area contributed by atoms with Crippen molar-refractivity contribution < 1.29 is 31.1 Å². The third kappa shape index (κ3) is 4.16. The first kappa shape index (κ1) is 19.8. The van der Waals surface area contributed by atoms with E-state index in [1.807, 2.05) is 4.72 Å². The molecular weight excluding hydrogens is 371 g/mol. The van der Waals surface area contributed by atoms with Gasteiger partial charge < -0.3 is 4.74 Å². The molecule has 0 bridgehead atoms. The number of hydrogen-bond acceptors (Lipinski definition) is 4. The molecule has 2 rings (SSSR count). The van der Waals surface area contributed by atoms with E-state index in [2.05, 4.69) is 4.74 Å². The molecule has 0 aliphatic heterocycles. The van der Waals surface area contributed by atoms with Crippen molar-refractivity contribution in [2.75, 3.05) is 11.8 Å². The van der Waals surface area contributed by atoms with E-state index in [0.29, 0.717) is 6.07 Å². The molecule has 0 radical (unpaired) electrons. The Morgan fingerprint density at radius 2 is 1.65 bits per heavy atom. The highest BCUT2D eigenvalue weighted by molar-refractivity contribution is 7.92. The molecule has 0 saturated carbocycles. The Morgan fingerprint density at radius 1 is 1.08 bits per heavy atom. The van der Waals surface area contributed by atoms with Gasteiger partial charge in [0.25, 0.3) is 10.0 Å². The fourth-order valence-electron chi connectivity index (χ4n) is 2.30. The highest BCUT2D eigenvalue weighted by Gasteiger charge is 2.34. The predicted molar refractivity (Wildman–Crippen MR) is 89.5 cm³/mol. The summed E-state index contributed by atoms with van der Waals surface area (Å²) in [5, 5.41) is 0. The minimum Gasteiger partial charge on any atom is -0.465 e. The summed E-state index contributed by atoms with van der Waals surface area (Å²) in [5.74, 6) is -0.955. The molecule has 0 atom stereocenters. The number of halogens is 3. The molecule has 0 aliphatic rings. The van der Waals surface area contributed by atoms with Crippen LogP contribution in [0.1, 0.15) is 27.0 Å². The van der Waals surface area contributed by atoms with Gasteiger partial charge in [-0.2, -0.15) is 13.2 Å². The van der Waals surface area contributed by atoms with Gasteiger partial charge in [0.05, 0.1) is 28.8 Å². The smallest absolute Gasteiger partial charge is 0.416 e. The zero-order valence-electron chi connectivity index (χ0n) is 14.1. The van der Waals surface area contributed by atoms with E-state index in [9.17, 15) is 26.4 Å². The Kier molecular flexibility index (Phi) is 5.31. The molecule has 1 N–H and O–H groups in total. The van der Waals surface area contributed by atoms with Crippen LogP contribution in [0.4, 0.5) is 18.9 Å². The van der Waals surface area contributed by atoms with Crippen LogP contribution in [0.3, 0.4) is 0 Å². The number of carbonyl (C=O) groups is 1. The fraction of sp³-hybridized carbons (Fsp3) is 0.235. The lowest BCUT2D eigenvalue weighted by molar-refractivity contribution is -0.138. The molecule has 0 saturated heterocycles. The van der Waals surface area contributed by atoms with Crippen molar-refractivity contribution in [3.8, 4) is 0 Å². The monoisotopic (exact) mass is 387 g/mol. The molecule has 0 aliphatic carbocycles. The van der Waals surface area contributed by atoms with Crippen LogP contribution in [0.25, 0.3) is 0 Å². The second-order valence-electron chi connectivity index (χ2n) is 5.62. The average molecular weight is 387 g/mol. The predicted octanol–water partition coefficient (Wildman–Crippen LogP) is 3.91. The topological polar surface area (TPSA) is 72.5 Å². The van der Waals surface area contributed by atoms with Gasteiger partial charge in [-0.15, -0.1) is 0 Å². The number of alkyl halides is 3. The van der Waals surface area contributed by atoms with E-state index in [-0.39, 0.29) is 16.0 Å². The maximum Gasteiger partial charge on any atom is 0.416 e. The summed E-state index contributed by atoms with van der Waals surface area (Å²) in [4.78, 5) is 11.7. The van der Waals surface area contributed by atoms with E-state index >= 15 is 0 Å². The first-order valence-electron chi connectivity index (χ1n) is 7.35. The van der Waals surface area contributed by atoms with Gasteiger partial charge in [0.2, 0.25) is 0 Å². The molecule has 0 amide bonds. The summed E-state index contributed by atoms with van der Waals surface area (Å²) < 4.78 is 71.0. The standard InChI is InChI=1S/C17H16F3NO4S/c1-10-4-6-12(7-5-10)26(23,24)21-15-9-14(17(18,19)20)11(2)8-13(15)16(22)25-3/h4-9,21H,1-3H3. The number of anilines is 1. The molecule has 140 valence electrons. The minimum atomic E-state index is -4.71. The first-order chi connectivity index (χ1) is 12.0. The van der Waals surface area contributed by atoms with Gasteiger partial charge in [-0.05, 0) is 43.7 Å². The summed E-state index contributed by atoms with van der Waals surface area (Å²) in [7, 11) is -3.15. The van der Waals surface area contributed by atoms with Gasteiger partial charge >= 0.3 is 12.1 Å². The summed E-state index contributed by atoms with van der Waals surface area (Å²) in [6.07, 6.45) is -4.71. The van der Waals surface area contributed by atoms with Crippen molar-refractivity contribution >= 4 is 21.7 Å². The Hall–Kier alpha value is -2.55. The molecule has 0 unspecified atom stereocenters. The van der Waals surface area contributed by atoms with E-state index in [1.165, 1.54) is 19.1 Å². The molecule has 9 heteroatoms. The number of rotatable bonds is 4. The van der Waals surface area contributed by atoms with E-state index in [0.717, 1.165) is 18.7 Å². The van der Waals surface area contributed by atoms with Crippen LogP contribution >= 0.6 is 0 Å². The van der Waals surface area contributed by atoms with Crippen molar-refractivity contribution in [2.45, 2.75) is 24.9 Å². The summed E-state index contributed by atoms with van der Waals surface area (Å²) >= 11 is 0. The molecule has 2 aromatic carbocycles. The van der Waals surface area contributed by atoms with Crippen molar-refractivity contribution in [2.24, 2.45) is 0 Å². The van der Waals surface area contributed by atoms with Gasteiger partial charge in [-0.1, -0.05) is 17.7 Å². The number of aryl methyl sites for hydroxylation is 2. The van der Waals surface area contributed by atoms with E-state index < -0.39 is 33.4 Å². The summed E-state index contributed by atoms with van der Waals surface area (Å²) in [6.45, 7) is 2.93. The zero-order valence-corrected chi connectivity index (χ0v) is 15.0. The van der Waals surface area contributed by atoms with Crippen molar-refractivity contribution in [3.63, 3.8) is 0 Å². The van der Waals surface area contributed by atoms with Gasteiger partial charge in [0, 0.05) is 0 Å². The average Bonchev–Trinajstić information content (AvgIpc) is 2.54. The van der Waals surface area contributed by atoms with Crippen LogP contribution in [0, 0.1) is 13.8 Å². The number of ether oxygens (including phenoxy) is 1. The molecule has 0 spiro atoms. The third-order valence-corrected chi connectivity index (χ3v) is 5.03. The van der Waals surface area contributed by atoms with E-state index in [4.69, 9.17) is 0 Å². The van der Waals surface area contributed by atoms with Gasteiger partial charge in [-0.25, -0.2) is 13.2 Å². The Labute approximate surface area is 148 Å². The summed E-state index contributed by atoms with van der Waals surface area (Å²) in [5.41, 5.74) is -1.28. The number of carbonyl (C=O) groups excluding carboxylic acids is 1. The number of benzene rings is 2. The lowest BCUT2D eigenvalue weighted by Gasteiger charge is -2.17. The first-order valence-corrected chi connectivity index (χ1v) is 8.83. The number of sulfonamides is 1. The van der Waals surface area contributed by atoms with Crippen molar-refractivity contribution in [1.82, 2.24) is 0 Å². The van der Waals surface area contributed by atoms with Crippen LogP contribution in [0.2, 0.25) is 0 Å². The summed E-state index contributed by atoms with van der Waals surface area (Å²) in [6, 6.07) is 7.26. The highest BCUT2D eigenvalue weighted by Crippen LogP contribution is 2.36. The number of nitrogens with one attached hydrogen (secondary N) is 1. The van der Waals surface area contributed by atoms with Gasteiger partial charge in [0.1, 0.15) is 0 Å². The Bertz CT molecular complexity index is 936. The van der Waals surface area contributed by atoms with Crippen LogP contribution in [0.5, 0.6) is 0 Å². The maximum atomic E-state index is 13.2. The second kappa shape index (κ2) is 6.99. The van der Waals surface area contributed by atoms with Crippen LogP contribution in [-0.2, 0) is 20.9 Å². The van der Waals surface area contributed by atoms with Crippen molar-refractivity contribution in [3.05, 3.63) is 58.7 Å². The fourth-order valence-corrected chi connectivity index (χ4v) is 3.37. The lowest BCUT2D eigenvalue weighted by Crippen LogP contribution is -2.18. The van der Waals surface area contributed by atoms with Crippen LogP contribution in [0.15, 0.2) is 41.3 Å². The van der Waals surface area contributed by atoms with Gasteiger partial charge in [0.15, 0.2) is 0 Å². The second-order valence-corrected chi connectivity index (χ2v) is 7.30. The Morgan fingerprint density at radius 3 is 2.15 bits per heavy atom. The molecule has 0 aromatic heterocycles. The molecule has 5 nitrogen and oxygen atoms in total. The molecule has 0 heterocycles. The highest BCUT2D eigenvalue weighted by atomic mass is 32.2. The third-order valence-electron chi connectivity index (χ3n) is 3.65. The largest absolute Gasteiger partial charge is 0.465 e. The zero-order chi connectivity index (χ0) is 19.7. The SMILES string of the molecule is COC(=O)c1cc(C)c(C(F)(F)F)cc1NS(=O)(=O)c1ccc(C)cc1. The molecule has 2 aromatic rings. The maximum absolute atomic E-state index is 13.2. The van der Waals surface area contributed by atoms with Gasteiger partial charge in [-0.3, -0.25) is 4.72 Å². The Balaban J connectivity index is 2.59. The molecular formula is C17H16F3NO4S. The lowest BCUT2D eigenvalue weighted by atomic mass is 10.0. The quantitative estimate of drug-likeness (QED) is 0.808. The number of methoxy groups -OCH3 is 1. The number of esters is 1. The van der Waals surface area contributed by atoms with Crippen LogP contribution < -0.4 is 4.72 Å². The molecule has 0 fully saturated rings. The number of hydrogen-bond donors (Lipinski definition) is 1. The minimum absolute atomic E-state index is 0.145. The van der Waals surface area contributed by atoms with Crippen LogP contribution in [-0.4, -0.2) is 21.5 Å². The molecule has 26 heavy (non-hydrogen) atoms.